The SMILES string of the molecule is Cc1ccc(S(=O)(=O)NC(C)C(=O)OCCc2ccccn2)cc1. The van der Waals surface area contributed by atoms with Crippen molar-refractivity contribution in [1.82, 2.24) is 9.71 Å². The van der Waals surface area contributed by atoms with Gasteiger partial charge in [0.15, 0.2) is 0 Å². The molecule has 7 heteroatoms. The van der Waals surface area contributed by atoms with E-state index < -0.39 is 22.0 Å². The van der Waals surface area contributed by atoms with Crippen LogP contribution in [-0.4, -0.2) is 32.0 Å². The lowest BCUT2D eigenvalue weighted by Crippen LogP contribution is -2.39. The van der Waals surface area contributed by atoms with E-state index in [-0.39, 0.29) is 11.5 Å². The third-order valence-electron chi connectivity index (χ3n) is 3.35. The zero-order valence-corrected chi connectivity index (χ0v) is 14.4. The van der Waals surface area contributed by atoms with Gasteiger partial charge in [-0.15, -0.1) is 0 Å². The van der Waals surface area contributed by atoms with Crippen molar-refractivity contribution in [2.24, 2.45) is 0 Å². The van der Waals surface area contributed by atoms with Gasteiger partial charge in [0.25, 0.3) is 0 Å². The van der Waals surface area contributed by atoms with Crippen LogP contribution in [0.2, 0.25) is 0 Å². The summed E-state index contributed by atoms with van der Waals surface area (Å²) in [6.45, 7) is 3.46. The van der Waals surface area contributed by atoms with Crippen molar-refractivity contribution in [3.05, 3.63) is 59.9 Å². The van der Waals surface area contributed by atoms with Crippen LogP contribution in [0, 0.1) is 6.92 Å². The topological polar surface area (TPSA) is 85.4 Å². The molecule has 0 spiro atoms. The maximum atomic E-state index is 12.2. The van der Waals surface area contributed by atoms with E-state index in [0.717, 1.165) is 11.3 Å². The van der Waals surface area contributed by atoms with Crippen LogP contribution < -0.4 is 4.72 Å². The molecule has 0 bridgehead atoms. The summed E-state index contributed by atoms with van der Waals surface area (Å²) in [4.78, 5) is 16.2. The Labute approximate surface area is 141 Å². The first-order chi connectivity index (χ1) is 11.4. The Balaban J connectivity index is 1.87. The zero-order valence-electron chi connectivity index (χ0n) is 13.6. The zero-order chi connectivity index (χ0) is 17.6. The number of nitrogens with one attached hydrogen (secondary N) is 1. The lowest BCUT2D eigenvalue weighted by atomic mass is 10.2. The molecule has 2 aromatic rings. The number of esters is 1. The minimum atomic E-state index is -3.76. The molecule has 1 unspecified atom stereocenters. The molecule has 2 rings (SSSR count). The standard InChI is InChI=1S/C17H20N2O4S/c1-13-6-8-16(9-7-13)24(21,22)19-14(2)17(20)23-12-10-15-5-3-4-11-18-15/h3-9,11,14,19H,10,12H2,1-2H3. The Hall–Kier alpha value is -2.25. The Morgan fingerprint density at radius 1 is 1.21 bits per heavy atom. The van der Waals surface area contributed by atoms with E-state index in [2.05, 4.69) is 9.71 Å². The summed E-state index contributed by atoms with van der Waals surface area (Å²) in [7, 11) is -3.76. The van der Waals surface area contributed by atoms with Gasteiger partial charge in [-0.1, -0.05) is 23.8 Å². The van der Waals surface area contributed by atoms with E-state index in [1.165, 1.54) is 19.1 Å². The number of hydrogen-bond donors (Lipinski definition) is 1. The number of aryl methyl sites for hydroxylation is 1. The van der Waals surface area contributed by atoms with Gasteiger partial charge in [-0.05, 0) is 38.1 Å². The van der Waals surface area contributed by atoms with Crippen molar-refractivity contribution in [3.8, 4) is 0 Å². The molecular formula is C17H20N2O4S. The van der Waals surface area contributed by atoms with Gasteiger partial charge in [0, 0.05) is 18.3 Å². The Morgan fingerprint density at radius 2 is 1.92 bits per heavy atom. The average Bonchev–Trinajstić information content (AvgIpc) is 2.55. The lowest BCUT2D eigenvalue weighted by molar-refractivity contribution is -0.145. The molecule has 1 aromatic heterocycles. The first-order valence-electron chi connectivity index (χ1n) is 7.54. The second-order valence-corrected chi connectivity index (χ2v) is 7.11. The maximum Gasteiger partial charge on any atom is 0.323 e. The molecule has 0 aliphatic carbocycles. The summed E-state index contributed by atoms with van der Waals surface area (Å²) < 4.78 is 31.9. The molecule has 1 aromatic carbocycles. The molecule has 24 heavy (non-hydrogen) atoms. The van der Waals surface area contributed by atoms with Crippen molar-refractivity contribution in [2.75, 3.05) is 6.61 Å². The highest BCUT2D eigenvalue weighted by Gasteiger charge is 2.22. The molecule has 1 heterocycles. The van der Waals surface area contributed by atoms with Crippen LogP contribution >= 0.6 is 0 Å². The minimum absolute atomic E-state index is 0.112. The smallest absolute Gasteiger partial charge is 0.323 e. The van der Waals surface area contributed by atoms with Crippen LogP contribution in [0.4, 0.5) is 0 Å². The number of carbonyl (C=O) groups excluding carboxylic acids is 1. The van der Waals surface area contributed by atoms with Gasteiger partial charge in [-0.25, -0.2) is 8.42 Å². The molecule has 0 saturated carbocycles. The first-order valence-corrected chi connectivity index (χ1v) is 9.02. The molecule has 0 radical (unpaired) electrons. The van der Waals surface area contributed by atoms with Gasteiger partial charge in [-0.3, -0.25) is 9.78 Å². The Kier molecular flexibility index (Phi) is 6.05. The van der Waals surface area contributed by atoms with Crippen molar-refractivity contribution >= 4 is 16.0 Å². The number of hydrogen-bond acceptors (Lipinski definition) is 5. The first kappa shape index (κ1) is 18.1. The predicted molar refractivity (Wildman–Crippen MR) is 89.9 cm³/mol. The summed E-state index contributed by atoms with van der Waals surface area (Å²) in [5, 5.41) is 0. The third-order valence-corrected chi connectivity index (χ3v) is 4.90. The summed E-state index contributed by atoms with van der Waals surface area (Å²) in [6, 6.07) is 10.9. The molecule has 0 fully saturated rings. The minimum Gasteiger partial charge on any atom is -0.464 e. The molecule has 0 amide bonds. The summed E-state index contributed by atoms with van der Waals surface area (Å²) >= 11 is 0. The number of carbonyl (C=O) groups is 1. The van der Waals surface area contributed by atoms with Gasteiger partial charge in [0.1, 0.15) is 6.04 Å². The highest BCUT2D eigenvalue weighted by atomic mass is 32.2. The lowest BCUT2D eigenvalue weighted by Gasteiger charge is -2.14. The highest BCUT2D eigenvalue weighted by molar-refractivity contribution is 7.89. The summed E-state index contributed by atoms with van der Waals surface area (Å²) in [5.74, 6) is -0.624. The largest absolute Gasteiger partial charge is 0.464 e. The maximum absolute atomic E-state index is 12.2. The molecule has 0 aliphatic heterocycles. The predicted octanol–water partition coefficient (Wildman–Crippen LogP) is 1.84. The second-order valence-electron chi connectivity index (χ2n) is 5.39. The third kappa shape index (κ3) is 5.14. The fourth-order valence-corrected chi connectivity index (χ4v) is 3.19. The number of rotatable bonds is 7. The number of aromatic nitrogens is 1. The molecule has 0 aliphatic rings. The van der Waals surface area contributed by atoms with Crippen LogP contribution in [0.5, 0.6) is 0 Å². The van der Waals surface area contributed by atoms with E-state index in [9.17, 15) is 13.2 Å². The van der Waals surface area contributed by atoms with Crippen LogP contribution in [-0.2, 0) is 26.0 Å². The number of sulfonamides is 1. The van der Waals surface area contributed by atoms with E-state index in [1.54, 1.807) is 24.4 Å². The average molecular weight is 348 g/mol. The Morgan fingerprint density at radius 3 is 2.54 bits per heavy atom. The normalized spacial score (nSPS) is 12.6. The van der Waals surface area contributed by atoms with Crippen LogP contribution in [0.3, 0.4) is 0 Å². The number of ether oxygens (including phenoxy) is 1. The van der Waals surface area contributed by atoms with E-state index >= 15 is 0 Å². The van der Waals surface area contributed by atoms with Gasteiger partial charge in [0.05, 0.1) is 11.5 Å². The van der Waals surface area contributed by atoms with E-state index in [0.29, 0.717) is 6.42 Å². The summed E-state index contributed by atoms with van der Waals surface area (Å²) in [5.41, 5.74) is 1.76. The monoisotopic (exact) mass is 348 g/mol. The fraction of sp³-hybridized carbons (Fsp3) is 0.294. The summed E-state index contributed by atoms with van der Waals surface area (Å²) in [6.07, 6.45) is 2.14. The van der Waals surface area contributed by atoms with E-state index in [4.69, 9.17) is 4.74 Å². The molecule has 1 N–H and O–H groups in total. The highest BCUT2D eigenvalue weighted by Crippen LogP contribution is 2.10. The van der Waals surface area contributed by atoms with Crippen molar-refractivity contribution < 1.29 is 17.9 Å². The Bertz CT molecular complexity index is 774. The molecule has 128 valence electrons. The number of benzene rings is 1. The van der Waals surface area contributed by atoms with Crippen molar-refractivity contribution in [1.29, 1.82) is 0 Å². The fourth-order valence-electron chi connectivity index (χ4n) is 1.99. The molecule has 1 atom stereocenters. The van der Waals surface area contributed by atoms with Crippen molar-refractivity contribution in [3.63, 3.8) is 0 Å². The van der Waals surface area contributed by atoms with Gasteiger partial charge in [-0.2, -0.15) is 4.72 Å². The second kappa shape index (κ2) is 8.03. The van der Waals surface area contributed by atoms with Gasteiger partial charge < -0.3 is 4.74 Å². The number of nitrogens with zero attached hydrogens (tertiary/aromatic N) is 1. The molecule has 6 nitrogen and oxygen atoms in total. The quantitative estimate of drug-likeness (QED) is 0.772. The van der Waals surface area contributed by atoms with Crippen molar-refractivity contribution in [2.45, 2.75) is 31.2 Å². The van der Waals surface area contributed by atoms with Crippen LogP contribution in [0.25, 0.3) is 0 Å². The van der Waals surface area contributed by atoms with Crippen LogP contribution in [0.1, 0.15) is 18.2 Å². The molecule has 0 saturated heterocycles. The van der Waals surface area contributed by atoms with Gasteiger partial charge >= 0.3 is 5.97 Å². The van der Waals surface area contributed by atoms with E-state index in [1.807, 2.05) is 19.1 Å². The number of pyridine rings is 1. The molecular weight excluding hydrogens is 328 g/mol. The van der Waals surface area contributed by atoms with Gasteiger partial charge in [0.2, 0.25) is 10.0 Å². The van der Waals surface area contributed by atoms with Crippen LogP contribution in [0.15, 0.2) is 53.6 Å².